The van der Waals surface area contributed by atoms with E-state index in [9.17, 15) is 9.59 Å². The molecule has 1 atom stereocenters. The fourth-order valence-electron chi connectivity index (χ4n) is 1.50. The predicted molar refractivity (Wildman–Crippen MR) is 52.5 cm³/mol. The van der Waals surface area contributed by atoms with E-state index >= 15 is 0 Å². The molecule has 1 rings (SSSR count). The van der Waals surface area contributed by atoms with Crippen molar-refractivity contribution >= 4 is 11.8 Å². The van der Waals surface area contributed by atoms with Crippen molar-refractivity contribution < 1.29 is 9.59 Å². The molecule has 0 bridgehead atoms. The fourth-order valence-corrected chi connectivity index (χ4v) is 1.50. The van der Waals surface area contributed by atoms with Gasteiger partial charge in [0.2, 0.25) is 11.8 Å². The number of nitrogens with one attached hydrogen (secondary N) is 1. The molecule has 0 aromatic rings. The van der Waals surface area contributed by atoms with Crippen molar-refractivity contribution in [2.24, 2.45) is 5.73 Å². The first kappa shape index (κ1) is 11.0. The van der Waals surface area contributed by atoms with Gasteiger partial charge in [-0.1, -0.05) is 0 Å². The van der Waals surface area contributed by atoms with E-state index in [1.165, 1.54) is 0 Å². The summed E-state index contributed by atoms with van der Waals surface area (Å²) in [6.45, 7) is 3.43. The zero-order valence-corrected chi connectivity index (χ0v) is 8.45. The molecule has 1 fully saturated rings. The maximum absolute atomic E-state index is 11.7. The first-order valence-corrected chi connectivity index (χ1v) is 4.93. The molecule has 1 aliphatic heterocycles. The van der Waals surface area contributed by atoms with E-state index in [2.05, 4.69) is 5.32 Å². The molecule has 1 aliphatic rings. The summed E-state index contributed by atoms with van der Waals surface area (Å²) in [7, 11) is 0. The zero-order valence-electron chi connectivity index (χ0n) is 8.45. The van der Waals surface area contributed by atoms with Crippen LogP contribution < -0.4 is 11.1 Å². The van der Waals surface area contributed by atoms with Crippen LogP contribution in [0.2, 0.25) is 0 Å². The fraction of sp³-hybridized carbons (Fsp3) is 0.778. The molecule has 0 saturated carbocycles. The first-order chi connectivity index (χ1) is 6.65. The summed E-state index contributed by atoms with van der Waals surface area (Å²) in [5, 5.41) is 2.64. The lowest BCUT2D eigenvalue weighted by Crippen LogP contribution is -2.43. The number of carbonyl (C=O) groups is 2. The lowest BCUT2D eigenvalue weighted by Gasteiger charge is -2.21. The van der Waals surface area contributed by atoms with E-state index in [1.807, 2.05) is 0 Å². The summed E-state index contributed by atoms with van der Waals surface area (Å²) in [5.41, 5.74) is 5.37. The molecule has 0 spiro atoms. The van der Waals surface area contributed by atoms with Crippen LogP contribution in [-0.4, -0.2) is 42.4 Å². The van der Waals surface area contributed by atoms with E-state index in [0.717, 1.165) is 6.42 Å². The predicted octanol–water partition coefficient (Wildman–Crippen LogP) is -0.928. The van der Waals surface area contributed by atoms with Gasteiger partial charge in [0.1, 0.15) is 6.04 Å². The number of hydrogen-bond acceptors (Lipinski definition) is 3. The van der Waals surface area contributed by atoms with E-state index in [4.69, 9.17) is 5.73 Å². The minimum absolute atomic E-state index is 0.00991. The molecule has 0 aliphatic carbocycles. The summed E-state index contributed by atoms with van der Waals surface area (Å²) in [5.74, 6) is -0.0644. The highest BCUT2D eigenvalue weighted by Crippen LogP contribution is 2.03. The van der Waals surface area contributed by atoms with Crippen molar-refractivity contribution in [3.05, 3.63) is 0 Å². The molecule has 1 saturated heterocycles. The van der Waals surface area contributed by atoms with Crippen molar-refractivity contribution in [1.29, 1.82) is 0 Å². The molecule has 5 nitrogen and oxygen atoms in total. The quantitative estimate of drug-likeness (QED) is 0.616. The molecule has 1 unspecified atom stereocenters. The van der Waals surface area contributed by atoms with Gasteiger partial charge in [-0.25, -0.2) is 0 Å². The Labute approximate surface area is 83.6 Å². The summed E-state index contributed by atoms with van der Waals surface area (Å²) in [4.78, 5) is 24.5. The molecule has 0 aromatic carbocycles. The van der Waals surface area contributed by atoms with Crippen LogP contribution in [-0.2, 0) is 9.59 Å². The van der Waals surface area contributed by atoms with Gasteiger partial charge in [0.25, 0.3) is 0 Å². The Morgan fingerprint density at radius 1 is 1.57 bits per heavy atom. The van der Waals surface area contributed by atoms with Crippen LogP contribution in [0.1, 0.15) is 19.8 Å². The number of carbonyl (C=O) groups excluding carboxylic acids is 2. The average Bonchev–Trinajstić information content (AvgIpc) is 2.26. The Hall–Kier alpha value is -1.10. The number of amides is 2. The summed E-state index contributed by atoms with van der Waals surface area (Å²) in [6.07, 6.45) is 1.17. The second-order valence-electron chi connectivity index (χ2n) is 3.51. The molecular weight excluding hydrogens is 182 g/mol. The molecular formula is C9H17N3O2. The van der Waals surface area contributed by atoms with E-state index in [1.54, 1.807) is 11.8 Å². The minimum Gasteiger partial charge on any atom is -0.345 e. The second kappa shape index (κ2) is 4.95. The lowest BCUT2D eigenvalue weighted by atomic mass is 10.3. The number of nitrogens with two attached hydrogens (primary N) is 1. The molecule has 14 heavy (non-hydrogen) atoms. The monoisotopic (exact) mass is 199 g/mol. The minimum atomic E-state index is -0.400. The van der Waals surface area contributed by atoms with E-state index in [0.29, 0.717) is 26.1 Å². The van der Waals surface area contributed by atoms with Gasteiger partial charge in [-0.05, 0) is 19.9 Å². The Kier molecular flexibility index (Phi) is 3.88. The number of hydrogen-bond donors (Lipinski definition) is 2. The van der Waals surface area contributed by atoms with E-state index in [-0.39, 0.29) is 11.8 Å². The van der Waals surface area contributed by atoms with Gasteiger partial charge in [-0.3, -0.25) is 9.59 Å². The van der Waals surface area contributed by atoms with Crippen molar-refractivity contribution in [2.75, 3.05) is 19.6 Å². The van der Waals surface area contributed by atoms with Gasteiger partial charge in [0.15, 0.2) is 0 Å². The smallest absolute Gasteiger partial charge is 0.244 e. The van der Waals surface area contributed by atoms with Gasteiger partial charge in [0.05, 0.1) is 0 Å². The van der Waals surface area contributed by atoms with Crippen LogP contribution in [0.4, 0.5) is 0 Å². The maximum Gasteiger partial charge on any atom is 0.244 e. The van der Waals surface area contributed by atoms with Crippen LogP contribution in [0, 0.1) is 0 Å². The van der Waals surface area contributed by atoms with Gasteiger partial charge in [-0.2, -0.15) is 0 Å². The van der Waals surface area contributed by atoms with Crippen LogP contribution >= 0.6 is 0 Å². The first-order valence-electron chi connectivity index (χ1n) is 4.93. The van der Waals surface area contributed by atoms with Crippen molar-refractivity contribution in [2.45, 2.75) is 25.8 Å². The highest BCUT2D eigenvalue weighted by atomic mass is 16.2. The second-order valence-corrected chi connectivity index (χ2v) is 3.51. The maximum atomic E-state index is 11.7. The third-order valence-corrected chi connectivity index (χ3v) is 2.30. The van der Waals surface area contributed by atoms with E-state index < -0.39 is 6.04 Å². The zero-order chi connectivity index (χ0) is 10.6. The molecule has 0 aromatic heterocycles. The van der Waals surface area contributed by atoms with Gasteiger partial charge in [-0.15, -0.1) is 0 Å². The van der Waals surface area contributed by atoms with Crippen LogP contribution in [0.25, 0.3) is 0 Å². The Morgan fingerprint density at radius 2 is 2.29 bits per heavy atom. The van der Waals surface area contributed by atoms with Crippen molar-refractivity contribution in [3.8, 4) is 0 Å². The molecule has 0 radical (unpaired) electrons. The van der Waals surface area contributed by atoms with Gasteiger partial charge < -0.3 is 16.0 Å². The highest BCUT2D eigenvalue weighted by molar-refractivity contribution is 5.89. The molecule has 80 valence electrons. The summed E-state index contributed by atoms with van der Waals surface area (Å²) >= 11 is 0. The van der Waals surface area contributed by atoms with Crippen LogP contribution in [0.15, 0.2) is 0 Å². The Morgan fingerprint density at radius 3 is 2.93 bits per heavy atom. The average molecular weight is 199 g/mol. The lowest BCUT2D eigenvalue weighted by molar-refractivity contribution is -0.133. The third kappa shape index (κ3) is 2.70. The van der Waals surface area contributed by atoms with Crippen molar-refractivity contribution in [1.82, 2.24) is 10.2 Å². The molecule has 3 N–H and O–H groups in total. The SMILES string of the molecule is CC1NC(=O)CCN(CCCN)C1=O. The standard InChI is InChI=1S/C9H17N3O2/c1-7-9(14)12(5-2-4-10)6-3-8(13)11-7/h7H,2-6,10H2,1H3,(H,11,13). The van der Waals surface area contributed by atoms with Crippen LogP contribution in [0.3, 0.4) is 0 Å². The van der Waals surface area contributed by atoms with Gasteiger partial charge in [0, 0.05) is 19.5 Å². The third-order valence-electron chi connectivity index (χ3n) is 2.30. The highest BCUT2D eigenvalue weighted by Gasteiger charge is 2.25. The molecule has 1 heterocycles. The van der Waals surface area contributed by atoms with Crippen molar-refractivity contribution in [3.63, 3.8) is 0 Å². The topological polar surface area (TPSA) is 75.4 Å². The Balaban J connectivity index is 2.56. The summed E-state index contributed by atoms with van der Waals surface area (Å²) in [6, 6.07) is -0.400. The number of rotatable bonds is 3. The normalized spacial score (nSPS) is 23.3. The molecule has 5 heteroatoms. The largest absolute Gasteiger partial charge is 0.345 e. The number of nitrogens with zero attached hydrogens (tertiary/aromatic N) is 1. The van der Waals surface area contributed by atoms with Gasteiger partial charge >= 0.3 is 0 Å². The summed E-state index contributed by atoms with van der Waals surface area (Å²) < 4.78 is 0. The Bertz CT molecular complexity index is 230. The van der Waals surface area contributed by atoms with Crippen LogP contribution in [0.5, 0.6) is 0 Å². The molecule has 2 amide bonds.